The van der Waals surface area contributed by atoms with Gasteiger partial charge in [-0.1, -0.05) is 13.3 Å². The summed E-state index contributed by atoms with van der Waals surface area (Å²) in [7, 11) is 0. The zero-order valence-electron chi connectivity index (χ0n) is 12.0. The third-order valence-corrected chi connectivity index (χ3v) is 5.26. The van der Waals surface area contributed by atoms with Crippen LogP contribution >= 0.6 is 0 Å². The first-order valence-corrected chi connectivity index (χ1v) is 8.04. The highest BCUT2D eigenvalue weighted by Gasteiger charge is 2.31. The summed E-state index contributed by atoms with van der Waals surface area (Å²) < 4.78 is 0. The van der Waals surface area contributed by atoms with Crippen LogP contribution in [0.3, 0.4) is 0 Å². The first-order chi connectivity index (χ1) is 8.85. The Morgan fingerprint density at radius 1 is 0.889 bits per heavy atom. The molecular formula is C15H29N3. The molecule has 3 nitrogen and oxygen atoms in total. The standard InChI is InChI=1S/C15H29N3/c1-2-16-8-6-14(11-16)12-17-9-10-18-7-4-3-5-15(18)13-17/h14-15H,2-13H2,1H3. The first-order valence-electron chi connectivity index (χ1n) is 8.04. The van der Waals surface area contributed by atoms with Crippen molar-refractivity contribution in [2.75, 3.05) is 52.4 Å². The quantitative estimate of drug-likeness (QED) is 0.752. The van der Waals surface area contributed by atoms with Crippen molar-refractivity contribution in [1.82, 2.24) is 14.7 Å². The minimum Gasteiger partial charge on any atom is -0.303 e. The average molecular weight is 251 g/mol. The van der Waals surface area contributed by atoms with Crippen molar-refractivity contribution in [3.8, 4) is 0 Å². The summed E-state index contributed by atoms with van der Waals surface area (Å²) in [5.41, 5.74) is 0. The SMILES string of the molecule is CCN1CCC(CN2CCN3CCCCC3C2)C1. The van der Waals surface area contributed by atoms with E-state index in [1.807, 2.05) is 0 Å². The Kier molecular flexibility index (Phi) is 4.22. The van der Waals surface area contributed by atoms with Gasteiger partial charge in [0, 0.05) is 38.8 Å². The molecule has 0 bridgehead atoms. The fourth-order valence-corrected chi connectivity index (χ4v) is 4.10. The summed E-state index contributed by atoms with van der Waals surface area (Å²) in [4.78, 5) is 8.12. The molecule has 3 aliphatic rings. The van der Waals surface area contributed by atoms with Crippen LogP contribution in [0.5, 0.6) is 0 Å². The number of hydrogen-bond acceptors (Lipinski definition) is 3. The molecule has 0 aliphatic carbocycles. The molecule has 0 saturated carbocycles. The molecule has 0 aromatic heterocycles. The van der Waals surface area contributed by atoms with Crippen LogP contribution in [-0.4, -0.2) is 73.1 Å². The maximum Gasteiger partial charge on any atom is 0.0223 e. The van der Waals surface area contributed by atoms with Gasteiger partial charge in [-0.05, 0) is 44.8 Å². The summed E-state index contributed by atoms with van der Waals surface area (Å²) in [5.74, 6) is 0.945. The lowest BCUT2D eigenvalue weighted by Crippen LogP contribution is -2.55. The van der Waals surface area contributed by atoms with Crippen LogP contribution < -0.4 is 0 Å². The molecule has 0 radical (unpaired) electrons. The van der Waals surface area contributed by atoms with Gasteiger partial charge in [0.05, 0.1) is 0 Å². The number of fused-ring (bicyclic) bond motifs is 1. The average Bonchev–Trinajstić information content (AvgIpc) is 2.86. The Bertz CT molecular complexity index is 268. The van der Waals surface area contributed by atoms with Crippen LogP contribution in [0.4, 0.5) is 0 Å². The zero-order valence-corrected chi connectivity index (χ0v) is 12.0. The van der Waals surface area contributed by atoms with E-state index in [0.29, 0.717) is 0 Å². The molecule has 3 rings (SSSR count). The maximum absolute atomic E-state index is 2.76. The van der Waals surface area contributed by atoms with Crippen molar-refractivity contribution < 1.29 is 0 Å². The largest absolute Gasteiger partial charge is 0.303 e. The van der Waals surface area contributed by atoms with Crippen molar-refractivity contribution in [2.24, 2.45) is 5.92 Å². The van der Waals surface area contributed by atoms with Gasteiger partial charge in [0.15, 0.2) is 0 Å². The molecule has 0 aromatic carbocycles. The normalized spacial score (nSPS) is 35.8. The molecule has 0 amide bonds. The summed E-state index contributed by atoms with van der Waals surface area (Å²) in [5, 5.41) is 0. The number of likely N-dealkylation sites (tertiary alicyclic amines) is 1. The second-order valence-corrected chi connectivity index (χ2v) is 6.49. The predicted octanol–water partition coefficient (Wildman–Crippen LogP) is 1.50. The molecule has 0 spiro atoms. The van der Waals surface area contributed by atoms with Crippen molar-refractivity contribution in [3.63, 3.8) is 0 Å². The Morgan fingerprint density at radius 3 is 2.67 bits per heavy atom. The Labute approximate surface area is 112 Å². The molecule has 3 fully saturated rings. The van der Waals surface area contributed by atoms with E-state index >= 15 is 0 Å². The number of nitrogens with zero attached hydrogens (tertiary/aromatic N) is 3. The van der Waals surface area contributed by atoms with Crippen molar-refractivity contribution in [1.29, 1.82) is 0 Å². The first kappa shape index (κ1) is 12.9. The molecular weight excluding hydrogens is 222 g/mol. The van der Waals surface area contributed by atoms with Crippen LogP contribution in [0.2, 0.25) is 0 Å². The van der Waals surface area contributed by atoms with E-state index in [1.54, 1.807) is 0 Å². The molecule has 2 unspecified atom stereocenters. The van der Waals surface area contributed by atoms with E-state index in [4.69, 9.17) is 0 Å². The molecule has 0 N–H and O–H groups in total. The summed E-state index contributed by atoms with van der Waals surface area (Å²) in [6.07, 6.45) is 5.77. The second kappa shape index (κ2) is 5.89. The third-order valence-electron chi connectivity index (χ3n) is 5.26. The molecule has 3 heterocycles. The van der Waals surface area contributed by atoms with Gasteiger partial charge in [-0.3, -0.25) is 4.90 Å². The van der Waals surface area contributed by atoms with E-state index in [1.165, 1.54) is 78.0 Å². The lowest BCUT2D eigenvalue weighted by molar-refractivity contribution is 0.0423. The Morgan fingerprint density at radius 2 is 1.83 bits per heavy atom. The van der Waals surface area contributed by atoms with Gasteiger partial charge < -0.3 is 9.80 Å². The number of piperazine rings is 1. The Hall–Kier alpha value is -0.120. The van der Waals surface area contributed by atoms with Crippen LogP contribution in [-0.2, 0) is 0 Å². The monoisotopic (exact) mass is 251 g/mol. The summed E-state index contributed by atoms with van der Waals surface area (Å²) >= 11 is 0. The topological polar surface area (TPSA) is 9.72 Å². The fourth-order valence-electron chi connectivity index (χ4n) is 4.10. The highest BCUT2D eigenvalue weighted by molar-refractivity contribution is 4.87. The second-order valence-electron chi connectivity index (χ2n) is 6.49. The molecule has 3 heteroatoms. The molecule has 0 aromatic rings. The fraction of sp³-hybridized carbons (Fsp3) is 1.00. The number of hydrogen-bond donors (Lipinski definition) is 0. The van der Waals surface area contributed by atoms with Crippen LogP contribution in [0, 0.1) is 5.92 Å². The molecule has 18 heavy (non-hydrogen) atoms. The number of rotatable bonds is 3. The highest BCUT2D eigenvalue weighted by Crippen LogP contribution is 2.23. The molecule has 3 aliphatic heterocycles. The van der Waals surface area contributed by atoms with E-state index in [0.717, 1.165) is 12.0 Å². The Balaban J connectivity index is 1.46. The van der Waals surface area contributed by atoms with E-state index in [-0.39, 0.29) is 0 Å². The smallest absolute Gasteiger partial charge is 0.0223 e. The molecule has 3 saturated heterocycles. The zero-order chi connectivity index (χ0) is 12.4. The maximum atomic E-state index is 2.76. The van der Waals surface area contributed by atoms with Gasteiger partial charge in [-0.25, -0.2) is 0 Å². The van der Waals surface area contributed by atoms with Crippen molar-refractivity contribution in [3.05, 3.63) is 0 Å². The van der Waals surface area contributed by atoms with Crippen molar-refractivity contribution >= 4 is 0 Å². The van der Waals surface area contributed by atoms with E-state index < -0.39 is 0 Å². The van der Waals surface area contributed by atoms with Gasteiger partial charge in [0.2, 0.25) is 0 Å². The molecule has 104 valence electrons. The van der Waals surface area contributed by atoms with Gasteiger partial charge in [0.1, 0.15) is 0 Å². The lowest BCUT2D eigenvalue weighted by atomic mass is 9.98. The third kappa shape index (κ3) is 2.89. The predicted molar refractivity (Wildman–Crippen MR) is 75.9 cm³/mol. The number of piperidine rings is 1. The van der Waals surface area contributed by atoms with Gasteiger partial charge in [-0.15, -0.1) is 0 Å². The highest BCUT2D eigenvalue weighted by atomic mass is 15.3. The van der Waals surface area contributed by atoms with Crippen LogP contribution in [0.25, 0.3) is 0 Å². The van der Waals surface area contributed by atoms with Crippen LogP contribution in [0.15, 0.2) is 0 Å². The van der Waals surface area contributed by atoms with Gasteiger partial charge in [-0.2, -0.15) is 0 Å². The summed E-state index contributed by atoms with van der Waals surface area (Å²) in [6, 6.07) is 0.885. The van der Waals surface area contributed by atoms with Crippen molar-refractivity contribution in [2.45, 2.75) is 38.6 Å². The van der Waals surface area contributed by atoms with E-state index in [2.05, 4.69) is 21.6 Å². The lowest BCUT2D eigenvalue weighted by Gasteiger charge is -2.44. The minimum absolute atomic E-state index is 0.885. The van der Waals surface area contributed by atoms with Gasteiger partial charge in [0.25, 0.3) is 0 Å². The van der Waals surface area contributed by atoms with Crippen LogP contribution in [0.1, 0.15) is 32.6 Å². The molecule has 2 atom stereocenters. The van der Waals surface area contributed by atoms with Gasteiger partial charge >= 0.3 is 0 Å². The summed E-state index contributed by atoms with van der Waals surface area (Å²) in [6.45, 7) is 12.9. The minimum atomic E-state index is 0.885. The van der Waals surface area contributed by atoms with E-state index in [9.17, 15) is 0 Å².